The molecule has 0 unspecified atom stereocenters. The summed E-state index contributed by atoms with van der Waals surface area (Å²) in [5, 5.41) is 9.37. The molecule has 0 aliphatic rings. The van der Waals surface area contributed by atoms with E-state index < -0.39 is 0 Å². The van der Waals surface area contributed by atoms with Crippen molar-refractivity contribution < 1.29 is 4.79 Å². The van der Waals surface area contributed by atoms with Crippen molar-refractivity contribution in [2.24, 2.45) is 10.9 Å². The summed E-state index contributed by atoms with van der Waals surface area (Å²) in [6.07, 6.45) is 0.848. The number of hydrogen-bond acceptors (Lipinski definition) is 2. The second-order valence-electron chi connectivity index (χ2n) is 5.25. The minimum atomic E-state index is -0.0297. The van der Waals surface area contributed by atoms with Crippen molar-refractivity contribution in [3.63, 3.8) is 0 Å². The van der Waals surface area contributed by atoms with Crippen molar-refractivity contribution in [3.05, 3.63) is 35.9 Å². The minimum Gasteiger partial charge on any atom is -0.356 e. The smallest absolute Gasteiger partial charge is 0.251 e. The van der Waals surface area contributed by atoms with E-state index in [1.165, 1.54) is 0 Å². The molecule has 22 heavy (non-hydrogen) atoms. The summed E-state index contributed by atoms with van der Waals surface area (Å²) in [5.41, 5.74) is 0.694. The molecule has 0 saturated carbocycles. The molecule has 0 aliphatic heterocycles. The fraction of sp³-hybridized carbons (Fsp3) is 0.500. The van der Waals surface area contributed by atoms with E-state index in [1.807, 2.05) is 30.3 Å². The van der Waals surface area contributed by atoms with Crippen LogP contribution < -0.4 is 16.0 Å². The zero-order valence-electron chi connectivity index (χ0n) is 13.6. The van der Waals surface area contributed by atoms with Gasteiger partial charge in [0.1, 0.15) is 0 Å². The number of hydrogen-bond donors (Lipinski definition) is 3. The molecule has 5 nitrogen and oxygen atoms in total. The number of nitrogens with one attached hydrogen (secondary N) is 3. The van der Waals surface area contributed by atoms with Crippen molar-refractivity contribution in [2.75, 3.05) is 26.7 Å². The van der Waals surface area contributed by atoms with E-state index in [0.717, 1.165) is 25.5 Å². The number of carbonyl (C=O) groups excluding carboxylic acids is 1. The maximum Gasteiger partial charge on any atom is 0.251 e. The molecule has 124 valence electrons. The van der Waals surface area contributed by atoms with Gasteiger partial charge in [-0.2, -0.15) is 0 Å². The molecule has 0 aromatic heterocycles. The topological polar surface area (TPSA) is 65.5 Å². The molecule has 0 saturated heterocycles. The maximum atomic E-state index is 11.8. The largest absolute Gasteiger partial charge is 0.356 e. The number of guanidine groups is 1. The van der Waals surface area contributed by atoms with Crippen molar-refractivity contribution in [3.8, 4) is 0 Å². The Morgan fingerprint density at radius 1 is 1.09 bits per heavy atom. The van der Waals surface area contributed by atoms with Crippen molar-refractivity contribution >= 4 is 35.8 Å². The molecular formula is C16H27IN4O. The van der Waals surface area contributed by atoms with Crippen LogP contribution in [-0.2, 0) is 0 Å². The molecule has 0 aliphatic carbocycles. The van der Waals surface area contributed by atoms with Crippen molar-refractivity contribution in [1.29, 1.82) is 0 Å². The van der Waals surface area contributed by atoms with Crippen LogP contribution >= 0.6 is 24.0 Å². The first-order chi connectivity index (χ1) is 10.1. The SMILES string of the molecule is CN=C(NCCCNC(=O)c1ccccc1)NCC(C)C.I. The first-order valence-electron chi connectivity index (χ1n) is 7.41. The normalized spacial score (nSPS) is 10.8. The lowest BCUT2D eigenvalue weighted by atomic mass is 10.2. The molecule has 0 spiro atoms. The molecule has 0 heterocycles. The Hall–Kier alpha value is -1.31. The van der Waals surface area contributed by atoms with Crippen LogP contribution in [0.25, 0.3) is 0 Å². The van der Waals surface area contributed by atoms with Crippen LogP contribution in [0.2, 0.25) is 0 Å². The predicted molar refractivity (Wildman–Crippen MR) is 103 cm³/mol. The van der Waals surface area contributed by atoms with Gasteiger partial charge in [0.25, 0.3) is 5.91 Å². The van der Waals surface area contributed by atoms with Crippen LogP contribution in [0.3, 0.4) is 0 Å². The van der Waals surface area contributed by atoms with E-state index in [0.29, 0.717) is 18.0 Å². The average Bonchev–Trinajstić information content (AvgIpc) is 2.50. The number of nitrogens with zero attached hydrogens (tertiary/aromatic N) is 1. The molecule has 0 radical (unpaired) electrons. The van der Waals surface area contributed by atoms with Crippen molar-refractivity contribution in [1.82, 2.24) is 16.0 Å². The molecule has 1 aromatic rings. The fourth-order valence-electron chi connectivity index (χ4n) is 1.71. The summed E-state index contributed by atoms with van der Waals surface area (Å²) in [4.78, 5) is 16.0. The Morgan fingerprint density at radius 2 is 1.73 bits per heavy atom. The minimum absolute atomic E-state index is 0. The molecule has 3 N–H and O–H groups in total. The number of benzene rings is 1. The molecule has 0 bridgehead atoms. The molecular weight excluding hydrogens is 391 g/mol. The predicted octanol–water partition coefficient (Wildman–Crippen LogP) is 2.25. The van der Waals surface area contributed by atoms with E-state index in [4.69, 9.17) is 0 Å². The molecule has 6 heteroatoms. The Kier molecular flexibility index (Phi) is 11.5. The fourth-order valence-corrected chi connectivity index (χ4v) is 1.71. The number of halogens is 1. The highest BCUT2D eigenvalue weighted by Gasteiger charge is 2.03. The van der Waals surface area contributed by atoms with Crippen molar-refractivity contribution in [2.45, 2.75) is 20.3 Å². The third kappa shape index (κ3) is 8.86. The van der Waals surface area contributed by atoms with Gasteiger partial charge in [0.15, 0.2) is 5.96 Å². The van der Waals surface area contributed by atoms with Gasteiger partial charge in [-0.15, -0.1) is 24.0 Å². The molecule has 0 atom stereocenters. The summed E-state index contributed by atoms with van der Waals surface area (Å²) < 4.78 is 0. The highest BCUT2D eigenvalue weighted by Crippen LogP contribution is 1.97. The second kappa shape index (κ2) is 12.3. The van der Waals surface area contributed by atoms with Gasteiger partial charge in [0.05, 0.1) is 0 Å². The molecule has 0 fully saturated rings. The van der Waals surface area contributed by atoms with E-state index >= 15 is 0 Å². The third-order valence-electron chi connectivity index (χ3n) is 2.87. The summed E-state index contributed by atoms with van der Waals surface area (Å²) in [7, 11) is 1.76. The lowest BCUT2D eigenvalue weighted by molar-refractivity contribution is 0.0953. The standard InChI is InChI=1S/C16H26N4O.HI/c1-13(2)12-20-16(17-3)19-11-7-10-18-15(21)14-8-5-4-6-9-14;/h4-6,8-9,13H,7,10-12H2,1-3H3,(H,18,21)(H2,17,19,20);1H. The first kappa shape index (κ1) is 20.7. The van der Waals surface area contributed by atoms with Gasteiger partial charge in [0, 0.05) is 32.2 Å². The number of amides is 1. The monoisotopic (exact) mass is 418 g/mol. The summed E-state index contributed by atoms with van der Waals surface area (Å²) >= 11 is 0. The zero-order valence-corrected chi connectivity index (χ0v) is 15.9. The zero-order chi connectivity index (χ0) is 15.5. The van der Waals surface area contributed by atoms with Gasteiger partial charge in [-0.1, -0.05) is 32.0 Å². The van der Waals surface area contributed by atoms with E-state index in [9.17, 15) is 4.79 Å². The molecule has 1 aromatic carbocycles. The van der Waals surface area contributed by atoms with Gasteiger partial charge in [-0.25, -0.2) is 0 Å². The highest BCUT2D eigenvalue weighted by molar-refractivity contribution is 14.0. The van der Waals surface area contributed by atoms with Gasteiger partial charge in [-0.05, 0) is 24.5 Å². The summed E-state index contributed by atoms with van der Waals surface area (Å²) in [6, 6.07) is 9.24. The summed E-state index contributed by atoms with van der Waals surface area (Å²) in [5.74, 6) is 1.35. The molecule has 1 amide bonds. The van der Waals surface area contributed by atoms with Gasteiger partial charge in [-0.3, -0.25) is 9.79 Å². The van der Waals surface area contributed by atoms with Crippen LogP contribution in [0.4, 0.5) is 0 Å². The van der Waals surface area contributed by atoms with Crippen LogP contribution in [-0.4, -0.2) is 38.5 Å². The second-order valence-corrected chi connectivity index (χ2v) is 5.25. The Balaban J connectivity index is 0.00000441. The Morgan fingerprint density at radius 3 is 2.32 bits per heavy atom. The lowest BCUT2D eigenvalue weighted by Crippen LogP contribution is -2.40. The number of carbonyl (C=O) groups is 1. The summed E-state index contributed by atoms with van der Waals surface area (Å²) in [6.45, 7) is 6.61. The quantitative estimate of drug-likeness (QED) is 0.276. The van der Waals surface area contributed by atoms with Gasteiger partial charge in [0.2, 0.25) is 0 Å². The molecule has 1 rings (SSSR count). The van der Waals surface area contributed by atoms with E-state index in [-0.39, 0.29) is 29.9 Å². The number of rotatable bonds is 7. The first-order valence-corrected chi connectivity index (χ1v) is 7.41. The van der Waals surface area contributed by atoms with Crippen LogP contribution in [0.5, 0.6) is 0 Å². The third-order valence-corrected chi connectivity index (χ3v) is 2.87. The van der Waals surface area contributed by atoms with E-state index in [2.05, 4.69) is 34.8 Å². The lowest BCUT2D eigenvalue weighted by Gasteiger charge is -2.13. The maximum absolute atomic E-state index is 11.8. The van der Waals surface area contributed by atoms with Crippen LogP contribution in [0, 0.1) is 5.92 Å². The van der Waals surface area contributed by atoms with E-state index in [1.54, 1.807) is 7.05 Å². The van der Waals surface area contributed by atoms with Gasteiger partial charge < -0.3 is 16.0 Å². The van der Waals surface area contributed by atoms with Crippen LogP contribution in [0.1, 0.15) is 30.6 Å². The Bertz CT molecular complexity index is 449. The van der Waals surface area contributed by atoms with Crippen LogP contribution in [0.15, 0.2) is 35.3 Å². The van der Waals surface area contributed by atoms with Gasteiger partial charge >= 0.3 is 0 Å². The highest BCUT2D eigenvalue weighted by atomic mass is 127. The number of aliphatic imine (C=N–C) groups is 1. The Labute approximate surface area is 150 Å². The average molecular weight is 418 g/mol.